The topological polar surface area (TPSA) is 155 Å². The monoisotopic (exact) mass is 1820 g/mol. The lowest BCUT2D eigenvalue weighted by Gasteiger charge is -2.05. The highest BCUT2D eigenvalue weighted by Crippen LogP contribution is 2.49. The van der Waals surface area contributed by atoms with Gasteiger partial charge in [-0.25, -0.2) is 39.9 Å². The number of para-hydroxylation sites is 2. The van der Waals surface area contributed by atoms with E-state index in [2.05, 4.69) is 246 Å². The molecule has 0 fully saturated rings. The van der Waals surface area contributed by atoms with Gasteiger partial charge in [0.1, 0.15) is 11.2 Å². The number of nitrogens with zero attached hydrogens (tertiary/aromatic N) is 10. The molecule has 598 valence electrons. The third-order valence-electron chi connectivity index (χ3n) is 22.1. The van der Waals surface area contributed by atoms with Gasteiger partial charge in [-0.15, -0.1) is 56.7 Å². The Morgan fingerprint density at radius 3 is 1.10 bits per heavy atom. The molecule has 0 saturated heterocycles. The van der Waals surface area contributed by atoms with Crippen LogP contribution < -0.4 is 0 Å². The van der Waals surface area contributed by atoms with E-state index in [1.807, 2.05) is 95.5 Å². The Hall–Kier alpha value is -13.4. The molecule has 27 aromatic rings. The molecule has 0 saturated carbocycles. The van der Waals surface area contributed by atoms with Crippen molar-refractivity contribution < 1.29 is 15.7 Å². The highest BCUT2D eigenvalue weighted by Gasteiger charge is 2.25. The normalized spacial score (nSPS) is 12.2. The van der Waals surface area contributed by atoms with Crippen LogP contribution in [0.15, 0.2) is 342 Å². The van der Waals surface area contributed by atoms with Crippen LogP contribution in [0.25, 0.3) is 234 Å². The van der Waals surface area contributed by atoms with Crippen LogP contribution in [0.2, 0.25) is 26.4 Å². The van der Waals surface area contributed by atoms with Crippen molar-refractivity contribution in [2.75, 3.05) is 0 Å². The third-order valence-corrected chi connectivity index (χ3v) is 28.8. The number of furan rings is 2. The largest absolute Gasteiger partial charge is 0.438 e. The Bertz CT molecular complexity index is 9370. The van der Waals surface area contributed by atoms with Crippen LogP contribution in [0.3, 0.4) is 0 Å². The van der Waals surface area contributed by atoms with E-state index in [-0.39, 0.29) is 55.5 Å². The van der Waals surface area contributed by atoms with E-state index in [1.54, 1.807) is 58.3 Å². The minimum atomic E-state index is -0.466. The summed E-state index contributed by atoms with van der Waals surface area (Å²) in [7, 11) is 0. The summed E-state index contributed by atoms with van der Waals surface area (Å²) in [5.41, 5.74) is 12.7. The van der Waals surface area contributed by atoms with Gasteiger partial charge in [0.15, 0.2) is 0 Å². The zero-order valence-electron chi connectivity index (χ0n) is 70.1. The Labute approximate surface area is 767 Å². The molecule has 0 N–H and O–H groups in total. The van der Waals surface area contributed by atoms with Crippen molar-refractivity contribution >= 4 is 292 Å². The van der Waals surface area contributed by atoms with Gasteiger partial charge >= 0.3 is 0 Å². The number of rotatable bonds is 5. The first-order valence-corrected chi connectivity index (χ1v) is 45.6. The summed E-state index contributed by atoms with van der Waals surface area (Å²) in [6, 6.07) is 101. The standard InChI is InChI=1S/2C26H13ClN2S2.C20H11ClN2S.2C16H9ClN2O/c27-26-28-22(18-10-5-9-17-16-8-3-4-11-19(16)30-24(17)18)25-23(29-26)21-15-7-2-1-6-14(15)12-13-20(21)31-25;27-26-28-23(15-10-11-20-18(13-15)17-7-3-4-8-19(17)30-20)25-24(29-26)22-16-6-2-1-5-14(16)9-12-21(22)31-25;21-20-22-17(13-7-2-1-3-8-13)19-18(23-20)16-14-9-5-4-6-12(14)10-11-15(16)24-19;2*17-16-18-14(10-6-2-1-3-7-10)13-11-8-4-5-9-12(11)20-15(13)19-16/h2*1-13H;1-11H;2*1-9H/i;;;1D,2D,3D,6D,7D;. The molecule has 0 bridgehead atoms. The molecule has 0 aliphatic heterocycles. The van der Waals surface area contributed by atoms with Gasteiger partial charge in [0.25, 0.3) is 0 Å². The molecule has 0 aliphatic carbocycles. The number of benzene rings is 15. The first-order chi connectivity index (χ1) is 64.1. The maximum Gasteiger partial charge on any atom is 0.232 e. The highest BCUT2D eigenvalue weighted by molar-refractivity contribution is 7.28. The Morgan fingerprint density at radius 2 is 0.587 bits per heavy atom. The van der Waals surface area contributed by atoms with Crippen LogP contribution in [0, 0.1) is 0 Å². The van der Waals surface area contributed by atoms with Crippen LogP contribution in [0.1, 0.15) is 6.85 Å². The lowest BCUT2D eigenvalue weighted by Crippen LogP contribution is -1.89. The molecule has 12 aromatic heterocycles. The van der Waals surface area contributed by atoms with Gasteiger partial charge in [-0.05, 0) is 145 Å². The van der Waals surface area contributed by atoms with Crippen molar-refractivity contribution in [3.8, 4) is 56.3 Å². The molecule has 126 heavy (non-hydrogen) atoms. The van der Waals surface area contributed by atoms with E-state index in [0.29, 0.717) is 22.1 Å². The van der Waals surface area contributed by atoms with Crippen molar-refractivity contribution in [2.24, 2.45) is 0 Å². The van der Waals surface area contributed by atoms with Crippen LogP contribution in [-0.4, -0.2) is 49.8 Å². The fourth-order valence-corrected chi connectivity index (χ4v) is 23.3. The fraction of sp³-hybridized carbons (Fsp3) is 0. The van der Waals surface area contributed by atoms with E-state index in [0.717, 1.165) is 108 Å². The van der Waals surface area contributed by atoms with E-state index in [9.17, 15) is 0 Å². The van der Waals surface area contributed by atoms with E-state index in [4.69, 9.17) is 83.7 Å². The summed E-state index contributed by atoms with van der Waals surface area (Å²) >= 11 is 40.1. The van der Waals surface area contributed by atoms with Gasteiger partial charge in [-0.2, -0.15) is 9.97 Å². The number of halogens is 5. The van der Waals surface area contributed by atoms with Gasteiger partial charge in [-0.3, -0.25) is 0 Å². The second-order valence-corrected chi connectivity index (χ2v) is 36.4. The lowest BCUT2D eigenvalue weighted by atomic mass is 10.0. The Kier molecular flexibility index (Phi) is 18.5. The molecular weight excluding hydrogens is 1760 g/mol. The molecule has 0 aliphatic rings. The minimum Gasteiger partial charge on any atom is -0.438 e. The molecular formula is C104H55Cl5N10O2S5. The van der Waals surface area contributed by atoms with Crippen LogP contribution in [0.4, 0.5) is 0 Å². The van der Waals surface area contributed by atoms with Gasteiger partial charge in [0.05, 0.1) is 76.7 Å². The molecule has 27 rings (SSSR count). The lowest BCUT2D eigenvalue weighted by molar-refractivity contribution is 0.652. The maximum absolute atomic E-state index is 8.17. The van der Waals surface area contributed by atoms with Gasteiger partial charge in [0.2, 0.25) is 37.8 Å². The van der Waals surface area contributed by atoms with Crippen molar-refractivity contribution in [1.29, 1.82) is 0 Å². The minimum absolute atomic E-state index is 0.0353. The van der Waals surface area contributed by atoms with Crippen LogP contribution >= 0.6 is 115 Å². The summed E-state index contributed by atoms with van der Waals surface area (Å²) < 4.78 is 63.2. The molecule has 22 heteroatoms. The quantitative estimate of drug-likeness (QED) is 0.151. The molecule has 0 atom stereocenters. The van der Waals surface area contributed by atoms with Crippen molar-refractivity contribution in [1.82, 2.24) is 49.8 Å². The summed E-state index contributed by atoms with van der Waals surface area (Å²) in [4.78, 5) is 44.6. The van der Waals surface area contributed by atoms with Crippen LogP contribution in [-0.2, 0) is 0 Å². The van der Waals surface area contributed by atoms with Gasteiger partial charge in [0, 0.05) is 109 Å². The molecule has 0 unspecified atom stereocenters. The Balaban J connectivity index is 0.0000000939. The van der Waals surface area contributed by atoms with E-state index in [1.165, 1.54) is 86.8 Å². The number of aromatic nitrogens is 10. The summed E-state index contributed by atoms with van der Waals surface area (Å²) in [5.74, 6) is 0. The molecule has 0 radical (unpaired) electrons. The SMILES string of the molecule is Clc1nc(-c2ccc3sc4ccccc4c3c2)c2sc3ccc4ccccc4c3c2n1.Clc1nc(-c2cccc3c2sc2ccccc23)c2sc3ccc4ccccc4c3c2n1.Clc1nc(-c2ccccc2)c2c(n1)oc1ccccc12.Clc1nc(-c2ccccc2)c2sc3ccc4ccccc4c3c2n1.[2H]c1c([2H])c([2H])c(-c2nc(Cl)nc3oc4ccccc4c23)c([2H])c1[2H]. The fourth-order valence-electron chi connectivity index (χ4n) is 16.7. The summed E-state index contributed by atoms with van der Waals surface area (Å²) in [6.45, 7) is 0. The smallest absolute Gasteiger partial charge is 0.232 e. The average molecular weight is 1820 g/mol. The molecule has 0 spiro atoms. The average Bonchev–Trinajstić information content (AvgIpc) is 1.65. The Morgan fingerprint density at radius 1 is 0.230 bits per heavy atom. The van der Waals surface area contributed by atoms with Gasteiger partial charge in [-0.1, -0.05) is 279 Å². The first-order valence-electron chi connectivity index (χ1n) is 42.1. The van der Waals surface area contributed by atoms with Crippen molar-refractivity contribution in [3.05, 3.63) is 360 Å². The van der Waals surface area contributed by atoms with E-state index >= 15 is 0 Å². The van der Waals surface area contributed by atoms with Crippen LogP contribution in [0.5, 0.6) is 0 Å². The first kappa shape index (κ1) is 72.0. The number of thiophene rings is 5. The number of fused-ring (bicyclic) bond motifs is 27. The predicted octanol–water partition coefficient (Wildman–Crippen LogP) is 33.1. The highest BCUT2D eigenvalue weighted by atomic mass is 35.5. The predicted molar refractivity (Wildman–Crippen MR) is 534 cm³/mol. The van der Waals surface area contributed by atoms with Crippen molar-refractivity contribution in [3.63, 3.8) is 0 Å². The second kappa shape index (κ2) is 32.3. The summed E-state index contributed by atoms with van der Waals surface area (Å²) in [6.07, 6.45) is 0. The second-order valence-electron chi connectivity index (χ2n) is 29.4. The number of hydrogen-bond acceptors (Lipinski definition) is 17. The zero-order valence-corrected chi connectivity index (χ0v) is 72.9. The van der Waals surface area contributed by atoms with Gasteiger partial charge < -0.3 is 8.83 Å². The third kappa shape index (κ3) is 13.9. The molecule has 12 nitrogen and oxygen atoms in total. The molecule has 12 heterocycles. The zero-order chi connectivity index (χ0) is 88.6. The van der Waals surface area contributed by atoms with Crippen molar-refractivity contribution in [2.45, 2.75) is 0 Å². The maximum atomic E-state index is 8.17. The molecule has 0 amide bonds. The summed E-state index contributed by atoms with van der Waals surface area (Å²) in [5, 5.41) is 19.7. The molecule has 15 aromatic carbocycles. The number of hydrogen-bond donors (Lipinski definition) is 0. The van der Waals surface area contributed by atoms with E-state index < -0.39 is 18.1 Å².